The van der Waals surface area contributed by atoms with Crippen LogP contribution in [0, 0.1) is 0 Å². The molecule has 16 heavy (non-hydrogen) atoms. The number of hydrogen-bond acceptors (Lipinski definition) is 2. The van der Waals surface area contributed by atoms with E-state index in [1.54, 1.807) is 25.2 Å². The molecule has 0 aliphatic carbocycles. The number of aromatic nitrogens is 2. The van der Waals surface area contributed by atoms with Gasteiger partial charge in [0.05, 0.1) is 11.0 Å². The maximum Gasteiger partial charge on any atom is 0.329 e. The average molecular weight is 220 g/mol. The smallest absolute Gasteiger partial charge is 0.329 e. The van der Waals surface area contributed by atoms with E-state index in [4.69, 9.17) is 5.11 Å². The molecule has 1 unspecified atom stereocenters. The van der Waals surface area contributed by atoms with Gasteiger partial charge in [0.1, 0.15) is 6.04 Å². The van der Waals surface area contributed by atoms with Gasteiger partial charge < -0.3 is 5.11 Å². The van der Waals surface area contributed by atoms with E-state index >= 15 is 0 Å². The number of carboxylic acid groups (broad SMARTS) is 1. The summed E-state index contributed by atoms with van der Waals surface area (Å²) < 4.78 is 2.74. The Morgan fingerprint density at radius 3 is 2.44 bits per heavy atom. The molecule has 0 aliphatic heterocycles. The molecule has 0 saturated heterocycles. The zero-order valence-electron chi connectivity index (χ0n) is 9.04. The Bertz CT molecular complexity index is 609. The predicted molar refractivity (Wildman–Crippen MR) is 59.5 cm³/mol. The fraction of sp³-hybridized carbons (Fsp3) is 0.273. The van der Waals surface area contributed by atoms with Crippen LogP contribution in [-0.4, -0.2) is 20.2 Å². The fourth-order valence-corrected chi connectivity index (χ4v) is 1.80. The van der Waals surface area contributed by atoms with Gasteiger partial charge in [-0.25, -0.2) is 9.59 Å². The number of aryl methyl sites for hydroxylation is 1. The van der Waals surface area contributed by atoms with Gasteiger partial charge in [0.25, 0.3) is 0 Å². The van der Waals surface area contributed by atoms with Crippen molar-refractivity contribution in [3.05, 3.63) is 34.7 Å². The normalized spacial score (nSPS) is 12.9. The second-order valence-corrected chi connectivity index (χ2v) is 3.71. The SMILES string of the molecule is CC(C(=O)O)n1c(=O)n(C)c2ccccc21. The van der Waals surface area contributed by atoms with Crippen LogP contribution >= 0.6 is 0 Å². The van der Waals surface area contributed by atoms with Crippen LogP contribution < -0.4 is 5.69 Å². The Morgan fingerprint density at radius 2 is 1.88 bits per heavy atom. The van der Waals surface area contributed by atoms with E-state index in [0.717, 1.165) is 5.52 Å². The van der Waals surface area contributed by atoms with Crippen molar-refractivity contribution in [3.63, 3.8) is 0 Å². The van der Waals surface area contributed by atoms with E-state index in [1.807, 2.05) is 6.07 Å². The number of imidazole rings is 1. The molecule has 5 nitrogen and oxygen atoms in total. The molecular weight excluding hydrogens is 208 g/mol. The summed E-state index contributed by atoms with van der Waals surface area (Å²) in [5.41, 5.74) is 1.07. The number of carbonyl (C=O) groups is 1. The molecule has 0 spiro atoms. The third-order valence-corrected chi connectivity index (χ3v) is 2.74. The highest BCUT2D eigenvalue weighted by Crippen LogP contribution is 2.15. The van der Waals surface area contributed by atoms with E-state index in [-0.39, 0.29) is 5.69 Å². The van der Waals surface area contributed by atoms with E-state index in [1.165, 1.54) is 16.1 Å². The van der Waals surface area contributed by atoms with Crippen molar-refractivity contribution < 1.29 is 9.90 Å². The standard InChI is InChI=1S/C11H12N2O3/c1-7(10(14)15)13-9-6-4-3-5-8(9)12(2)11(13)16/h3-7H,1-2H3,(H,14,15). The summed E-state index contributed by atoms with van der Waals surface area (Å²) in [6.45, 7) is 1.50. The first-order valence-corrected chi connectivity index (χ1v) is 4.93. The summed E-state index contributed by atoms with van der Waals surface area (Å²) in [4.78, 5) is 22.8. The monoisotopic (exact) mass is 220 g/mol. The molecule has 2 aromatic rings. The summed E-state index contributed by atoms with van der Waals surface area (Å²) in [7, 11) is 1.63. The lowest BCUT2D eigenvalue weighted by Crippen LogP contribution is -2.28. The van der Waals surface area contributed by atoms with Crippen LogP contribution in [0.25, 0.3) is 11.0 Å². The van der Waals surface area contributed by atoms with Crippen molar-refractivity contribution in [1.82, 2.24) is 9.13 Å². The summed E-state index contributed by atoms with van der Waals surface area (Å²) in [6, 6.07) is 6.28. The maximum absolute atomic E-state index is 11.9. The van der Waals surface area contributed by atoms with Gasteiger partial charge in [-0.15, -0.1) is 0 Å². The van der Waals surface area contributed by atoms with Gasteiger partial charge in [0.15, 0.2) is 0 Å². The molecule has 0 radical (unpaired) electrons. The van der Waals surface area contributed by atoms with Crippen LogP contribution in [0.4, 0.5) is 0 Å². The number of rotatable bonds is 2. The highest BCUT2D eigenvalue weighted by Gasteiger charge is 2.20. The molecule has 0 aliphatic rings. The zero-order valence-corrected chi connectivity index (χ0v) is 9.04. The van der Waals surface area contributed by atoms with E-state index < -0.39 is 12.0 Å². The van der Waals surface area contributed by atoms with Crippen molar-refractivity contribution in [2.45, 2.75) is 13.0 Å². The molecule has 1 atom stereocenters. The van der Waals surface area contributed by atoms with Crippen molar-refractivity contribution in [1.29, 1.82) is 0 Å². The Balaban J connectivity index is 2.84. The van der Waals surface area contributed by atoms with Crippen LogP contribution in [0.15, 0.2) is 29.1 Å². The van der Waals surface area contributed by atoms with E-state index in [2.05, 4.69) is 0 Å². The molecule has 1 aromatic carbocycles. The molecule has 0 fully saturated rings. The fourth-order valence-electron chi connectivity index (χ4n) is 1.80. The summed E-state index contributed by atoms with van der Waals surface area (Å²) in [5, 5.41) is 8.96. The topological polar surface area (TPSA) is 64.2 Å². The predicted octanol–water partition coefficient (Wildman–Crippen LogP) is 0.986. The Labute approximate surface area is 91.5 Å². The third kappa shape index (κ3) is 1.32. The number of aliphatic carboxylic acids is 1. The van der Waals surface area contributed by atoms with E-state index in [9.17, 15) is 9.59 Å². The molecule has 0 saturated carbocycles. The van der Waals surface area contributed by atoms with Gasteiger partial charge in [-0.3, -0.25) is 9.13 Å². The number of benzene rings is 1. The average Bonchev–Trinajstić information content (AvgIpc) is 2.52. The number of hydrogen-bond donors (Lipinski definition) is 1. The Hall–Kier alpha value is -2.04. The Kier molecular flexibility index (Phi) is 2.30. The van der Waals surface area contributed by atoms with E-state index in [0.29, 0.717) is 5.52 Å². The van der Waals surface area contributed by atoms with Crippen LogP contribution in [-0.2, 0) is 11.8 Å². The molecule has 0 amide bonds. The van der Waals surface area contributed by atoms with Crippen LogP contribution in [0.5, 0.6) is 0 Å². The summed E-state index contributed by atoms with van der Waals surface area (Å²) in [5.74, 6) is -1.02. The van der Waals surface area contributed by atoms with Crippen LogP contribution in [0.1, 0.15) is 13.0 Å². The first-order chi connectivity index (χ1) is 7.54. The lowest BCUT2D eigenvalue weighted by molar-refractivity contribution is -0.140. The lowest BCUT2D eigenvalue weighted by atomic mass is 10.3. The zero-order chi connectivity index (χ0) is 11.9. The molecule has 84 valence electrons. The quantitative estimate of drug-likeness (QED) is 0.820. The number of nitrogens with zero attached hydrogens (tertiary/aromatic N) is 2. The Morgan fingerprint density at radius 1 is 1.31 bits per heavy atom. The minimum Gasteiger partial charge on any atom is -0.480 e. The summed E-state index contributed by atoms with van der Waals surface area (Å²) in [6.07, 6.45) is 0. The third-order valence-electron chi connectivity index (χ3n) is 2.74. The minimum absolute atomic E-state index is 0.309. The molecular formula is C11H12N2O3. The first-order valence-electron chi connectivity index (χ1n) is 4.93. The van der Waals surface area contributed by atoms with Gasteiger partial charge in [-0.1, -0.05) is 12.1 Å². The molecule has 5 heteroatoms. The highest BCUT2D eigenvalue weighted by atomic mass is 16.4. The second-order valence-electron chi connectivity index (χ2n) is 3.71. The molecule has 1 N–H and O–H groups in total. The largest absolute Gasteiger partial charge is 0.480 e. The number of fused-ring (bicyclic) bond motifs is 1. The van der Waals surface area contributed by atoms with Gasteiger partial charge >= 0.3 is 11.7 Å². The number of carboxylic acids is 1. The molecule has 1 heterocycles. The first kappa shape index (κ1) is 10.5. The summed E-state index contributed by atoms with van der Waals surface area (Å²) >= 11 is 0. The van der Waals surface area contributed by atoms with Gasteiger partial charge in [-0.2, -0.15) is 0 Å². The van der Waals surface area contributed by atoms with Crippen LogP contribution in [0.3, 0.4) is 0 Å². The van der Waals surface area contributed by atoms with Gasteiger partial charge in [-0.05, 0) is 19.1 Å². The van der Waals surface area contributed by atoms with Crippen molar-refractivity contribution in [3.8, 4) is 0 Å². The molecule has 0 bridgehead atoms. The van der Waals surface area contributed by atoms with Crippen molar-refractivity contribution in [2.24, 2.45) is 7.05 Å². The highest BCUT2D eigenvalue weighted by molar-refractivity contribution is 5.79. The van der Waals surface area contributed by atoms with Gasteiger partial charge in [0, 0.05) is 7.05 Å². The van der Waals surface area contributed by atoms with Gasteiger partial charge in [0.2, 0.25) is 0 Å². The molecule has 1 aromatic heterocycles. The van der Waals surface area contributed by atoms with Crippen molar-refractivity contribution in [2.75, 3.05) is 0 Å². The van der Waals surface area contributed by atoms with Crippen molar-refractivity contribution >= 4 is 17.0 Å². The van der Waals surface area contributed by atoms with Crippen LogP contribution in [0.2, 0.25) is 0 Å². The number of para-hydroxylation sites is 2. The lowest BCUT2D eigenvalue weighted by Gasteiger charge is -2.07. The minimum atomic E-state index is -1.02. The maximum atomic E-state index is 11.9. The molecule has 2 rings (SSSR count). The second kappa shape index (κ2) is 3.52.